The molecule has 0 bridgehead atoms. The zero-order valence-electron chi connectivity index (χ0n) is 20.7. The van der Waals surface area contributed by atoms with Gasteiger partial charge < -0.3 is 10.2 Å². The topological polar surface area (TPSA) is 40.5 Å². The van der Waals surface area contributed by atoms with Crippen LogP contribution in [0.4, 0.5) is 0 Å². The number of phenolic OH excluding ortho intramolecular Hbond substituents is 2. The van der Waals surface area contributed by atoms with Gasteiger partial charge in [0.05, 0.1) is 0 Å². The highest BCUT2D eigenvalue weighted by Crippen LogP contribution is 2.28. The maximum atomic E-state index is 9.80. The molecule has 0 saturated heterocycles. The molecular weight excluding hydrogens is 380 g/mol. The second-order valence-electron chi connectivity index (χ2n) is 9.60. The Labute approximate surface area is 193 Å². The summed E-state index contributed by atoms with van der Waals surface area (Å²) in [4.78, 5) is 0. The van der Waals surface area contributed by atoms with Gasteiger partial charge in [0, 0.05) is 5.56 Å². The minimum Gasteiger partial charge on any atom is -0.508 e. The van der Waals surface area contributed by atoms with Crippen molar-refractivity contribution in [2.45, 2.75) is 148 Å². The fraction of sp³-hybridized carbons (Fsp3) is 0.793. The predicted molar refractivity (Wildman–Crippen MR) is 136 cm³/mol. The molecule has 0 fully saturated rings. The van der Waals surface area contributed by atoms with Gasteiger partial charge in [0.25, 0.3) is 0 Å². The lowest BCUT2D eigenvalue weighted by Gasteiger charge is -2.07. The van der Waals surface area contributed by atoms with Crippen molar-refractivity contribution in [3.05, 3.63) is 23.8 Å². The first kappa shape index (κ1) is 27.9. The molecule has 2 nitrogen and oxygen atoms in total. The summed E-state index contributed by atoms with van der Waals surface area (Å²) in [6.07, 6.45) is 29.9. The van der Waals surface area contributed by atoms with Crippen LogP contribution in [0.15, 0.2) is 18.2 Å². The van der Waals surface area contributed by atoms with Gasteiger partial charge in [-0.2, -0.15) is 0 Å². The van der Waals surface area contributed by atoms with Crippen molar-refractivity contribution >= 4 is 0 Å². The van der Waals surface area contributed by atoms with E-state index in [1.165, 1.54) is 128 Å². The van der Waals surface area contributed by atoms with E-state index in [0.717, 1.165) is 12.8 Å². The van der Waals surface area contributed by atoms with Gasteiger partial charge >= 0.3 is 0 Å². The molecule has 2 heteroatoms. The highest BCUT2D eigenvalue weighted by atomic mass is 16.3. The zero-order chi connectivity index (χ0) is 22.4. The molecule has 0 amide bonds. The van der Waals surface area contributed by atoms with Crippen LogP contribution in [0, 0.1) is 0 Å². The number of phenols is 2. The Morgan fingerprint density at radius 3 is 1.06 bits per heavy atom. The Morgan fingerprint density at radius 2 is 0.742 bits per heavy atom. The third-order valence-electron chi connectivity index (χ3n) is 6.66. The number of benzene rings is 1. The van der Waals surface area contributed by atoms with Crippen molar-refractivity contribution in [3.8, 4) is 11.5 Å². The summed E-state index contributed by atoms with van der Waals surface area (Å²) in [5.74, 6) is 0.460. The number of rotatable bonds is 22. The summed E-state index contributed by atoms with van der Waals surface area (Å²) < 4.78 is 0. The van der Waals surface area contributed by atoms with E-state index in [4.69, 9.17) is 0 Å². The standard InChI is InChI=1S/C29H52O2/c1-2-3-4-5-6-7-8-9-10-11-12-13-14-15-16-17-18-19-20-21-22-24-27-28(30)25-23-26-29(27)31/h23,25-26,30-31H,2-22,24H2,1H3. The van der Waals surface area contributed by atoms with Crippen LogP contribution in [-0.4, -0.2) is 10.2 Å². The largest absolute Gasteiger partial charge is 0.508 e. The van der Waals surface area contributed by atoms with E-state index in [1.807, 2.05) is 0 Å². The minimum absolute atomic E-state index is 0.230. The van der Waals surface area contributed by atoms with Crippen molar-refractivity contribution in [1.82, 2.24) is 0 Å². The highest BCUT2D eigenvalue weighted by Gasteiger charge is 2.05. The smallest absolute Gasteiger partial charge is 0.122 e. The molecule has 0 unspecified atom stereocenters. The van der Waals surface area contributed by atoms with Gasteiger partial charge in [-0.15, -0.1) is 0 Å². The van der Waals surface area contributed by atoms with Gasteiger partial charge in [0.1, 0.15) is 11.5 Å². The molecule has 0 aliphatic rings. The highest BCUT2D eigenvalue weighted by molar-refractivity contribution is 5.42. The average Bonchev–Trinajstić information content (AvgIpc) is 2.76. The molecule has 1 aromatic rings. The predicted octanol–water partition coefficient (Wildman–Crippen LogP) is 9.85. The summed E-state index contributed by atoms with van der Waals surface area (Å²) in [5, 5.41) is 19.6. The van der Waals surface area contributed by atoms with Crippen LogP contribution in [0.2, 0.25) is 0 Å². The maximum absolute atomic E-state index is 9.80. The van der Waals surface area contributed by atoms with Gasteiger partial charge in [-0.1, -0.05) is 141 Å². The molecule has 0 aromatic heterocycles. The van der Waals surface area contributed by atoms with E-state index >= 15 is 0 Å². The van der Waals surface area contributed by atoms with Crippen LogP contribution in [-0.2, 0) is 6.42 Å². The van der Waals surface area contributed by atoms with Gasteiger partial charge in [-0.25, -0.2) is 0 Å². The van der Waals surface area contributed by atoms with Crippen LogP contribution < -0.4 is 0 Å². The quantitative estimate of drug-likeness (QED) is 0.179. The molecule has 31 heavy (non-hydrogen) atoms. The van der Waals surface area contributed by atoms with Gasteiger partial charge in [0.15, 0.2) is 0 Å². The lowest BCUT2D eigenvalue weighted by Crippen LogP contribution is -1.88. The molecule has 1 aromatic carbocycles. The summed E-state index contributed by atoms with van der Waals surface area (Å²) in [5.41, 5.74) is 0.709. The van der Waals surface area contributed by atoms with Crippen molar-refractivity contribution in [2.75, 3.05) is 0 Å². The van der Waals surface area contributed by atoms with Crippen LogP contribution in [0.1, 0.15) is 147 Å². The maximum Gasteiger partial charge on any atom is 0.122 e. The molecular formula is C29H52O2. The Balaban J connectivity index is 1.74. The molecule has 0 atom stereocenters. The van der Waals surface area contributed by atoms with Crippen molar-refractivity contribution in [1.29, 1.82) is 0 Å². The second kappa shape index (κ2) is 20.7. The molecule has 180 valence electrons. The number of aromatic hydroxyl groups is 2. The molecule has 0 aliphatic heterocycles. The Morgan fingerprint density at radius 1 is 0.452 bits per heavy atom. The van der Waals surface area contributed by atoms with Crippen LogP contribution in [0.25, 0.3) is 0 Å². The fourth-order valence-corrected chi connectivity index (χ4v) is 4.55. The average molecular weight is 433 g/mol. The van der Waals surface area contributed by atoms with Crippen LogP contribution in [0.5, 0.6) is 11.5 Å². The van der Waals surface area contributed by atoms with Crippen molar-refractivity contribution in [3.63, 3.8) is 0 Å². The summed E-state index contributed by atoms with van der Waals surface area (Å²) in [6.45, 7) is 2.29. The van der Waals surface area contributed by atoms with E-state index in [1.54, 1.807) is 18.2 Å². The molecule has 1 rings (SSSR count). The second-order valence-corrected chi connectivity index (χ2v) is 9.60. The van der Waals surface area contributed by atoms with E-state index < -0.39 is 0 Å². The SMILES string of the molecule is CCCCCCCCCCCCCCCCCCCCCCCc1c(O)cccc1O. The number of hydrogen-bond acceptors (Lipinski definition) is 2. The summed E-state index contributed by atoms with van der Waals surface area (Å²) >= 11 is 0. The molecule has 0 spiro atoms. The molecule has 0 aliphatic carbocycles. The summed E-state index contributed by atoms with van der Waals surface area (Å²) in [6, 6.07) is 5.00. The number of hydrogen-bond donors (Lipinski definition) is 2. The zero-order valence-corrected chi connectivity index (χ0v) is 20.7. The third-order valence-corrected chi connectivity index (χ3v) is 6.66. The first-order valence-electron chi connectivity index (χ1n) is 13.8. The Kier molecular flexibility index (Phi) is 18.6. The lowest BCUT2D eigenvalue weighted by molar-refractivity contribution is 0.435. The van der Waals surface area contributed by atoms with Gasteiger partial charge in [-0.05, 0) is 25.0 Å². The van der Waals surface area contributed by atoms with Crippen molar-refractivity contribution < 1.29 is 10.2 Å². The first-order chi connectivity index (χ1) is 15.3. The van der Waals surface area contributed by atoms with E-state index in [-0.39, 0.29) is 11.5 Å². The van der Waals surface area contributed by atoms with Crippen molar-refractivity contribution in [2.24, 2.45) is 0 Å². The normalized spacial score (nSPS) is 11.3. The molecule has 0 heterocycles. The first-order valence-corrected chi connectivity index (χ1v) is 13.8. The molecule has 0 radical (unpaired) electrons. The summed E-state index contributed by atoms with van der Waals surface area (Å²) in [7, 11) is 0. The van der Waals surface area contributed by atoms with E-state index in [2.05, 4.69) is 6.92 Å². The Bertz CT molecular complexity index is 491. The molecule has 0 saturated carbocycles. The fourth-order valence-electron chi connectivity index (χ4n) is 4.55. The third kappa shape index (κ3) is 16.2. The van der Waals surface area contributed by atoms with Crippen LogP contribution in [0.3, 0.4) is 0 Å². The minimum atomic E-state index is 0.230. The molecule has 2 N–H and O–H groups in total. The van der Waals surface area contributed by atoms with Gasteiger partial charge in [-0.3, -0.25) is 0 Å². The lowest BCUT2D eigenvalue weighted by atomic mass is 10.0. The van der Waals surface area contributed by atoms with E-state index in [0.29, 0.717) is 5.56 Å². The Hall–Kier alpha value is -1.18. The van der Waals surface area contributed by atoms with Gasteiger partial charge in [0.2, 0.25) is 0 Å². The van der Waals surface area contributed by atoms with E-state index in [9.17, 15) is 10.2 Å². The monoisotopic (exact) mass is 432 g/mol. The van der Waals surface area contributed by atoms with Crippen LogP contribution >= 0.6 is 0 Å². The number of unbranched alkanes of at least 4 members (excludes halogenated alkanes) is 20.